The first-order chi connectivity index (χ1) is 8.99. The number of hydrogen-bond acceptors (Lipinski definition) is 1. The van der Waals surface area contributed by atoms with Gasteiger partial charge >= 0.3 is 0 Å². The third kappa shape index (κ3) is 5.85. The summed E-state index contributed by atoms with van der Waals surface area (Å²) in [4.78, 5) is 0. The quantitative estimate of drug-likeness (QED) is 0.651. The minimum atomic E-state index is 0.394. The van der Waals surface area contributed by atoms with Crippen LogP contribution < -0.4 is 5.32 Å². The van der Waals surface area contributed by atoms with Crippen molar-refractivity contribution >= 4 is 0 Å². The van der Waals surface area contributed by atoms with Crippen molar-refractivity contribution in [3.8, 4) is 0 Å². The second-order valence-corrected chi connectivity index (χ2v) is 7.66. The predicted octanol–water partition coefficient (Wildman–Crippen LogP) is 5.40. The van der Waals surface area contributed by atoms with Gasteiger partial charge in [-0.1, -0.05) is 66.7 Å². The predicted molar refractivity (Wildman–Crippen MR) is 86.5 cm³/mol. The van der Waals surface area contributed by atoms with Crippen molar-refractivity contribution in [1.29, 1.82) is 0 Å². The molecule has 19 heavy (non-hydrogen) atoms. The van der Waals surface area contributed by atoms with E-state index in [-0.39, 0.29) is 0 Å². The van der Waals surface area contributed by atoms with Gasteiger partial charge in [-0.25, -0.2) is 0 Å². The molecule has 1 aliphatic carbocycles. The lowest BCUT2D eigenvalue weighted by atomic mass is 9.73. The maximum atomic E-state index is 3.78. The average Bonchev–Trinajstić information content (AvgIpc) is 2.37. The smallest absolute Gasteiger partial charge is 0.0116 e. The first-order valence-electron chi connectivity index (χ1n) is 8.72. The molecule has 0 aromatic heterocycles. The molecule has 0 spiro atoms. The molecule has 0 saturated heterocycles. The molecule has 1 N–H and O–H groups in total. The molecule has 0 amide bonds. The monoisotopic (exact) mass is 267 g/mol. The Morgan fingerprint density at radius 1 is 1.05 bits per heavy atom. The van der Waals surface area contributed by atoms with E-state index in [9.17, 15) is 0 Å². The third-order valence-electron chi connectivity index (χ3n) is 5.10. The fourth-order valence-corrected chi connectivity index (χ4v) is 3.74. The molecule has 1 aliphatic rings. The number of rotatable bonds is 7. The van der Waals surface area contributed by atoms with Gasteiger partial charge < -0.3 is 5.32 Å². The standard InChI is InChI=1S/C18H37N/c1-6-14-19-17(18(3,4)5)13-12-16-11-9-8-10-15(16)7-2/h15-17,19H,6-14H2,1-5H3. The molecule has 0 aliphatic heterocycles. The molecule has 1 nitrogen and oxygen atoms in total. The molecule has 114 valence electrons. The van der Waals surface area contributed by atoms with Crippen molar-refractivity contribution in [3.05, 3.63) is 0 Å². The van der Waals surface area contributed by atoms with Gasteiger partial charge in [0, 0.05) is 6.04 Å². The minimum Gasteiger partial charge on any atom is -0.313 e. The first kappa shape index (κ1) is 17.0. The van der Waals surface area contributed by atoms with Gasteiger partial charge in [-0.3, -0.25) is 0 Å². The normalized spacial score (nSPS) is 26.4. The van der Waals surface area contributed by atoms with Gasteiger partial charge in [0.25, 0.3) is 0 Å². The third-order valence-corrected chi connectivity index (χ3v) is 5.10. The van der Waals surface area contributed by atoms with E-state index in [1.807, 2.05) is 0 Å². The van der Waals surface area contributed by atoms with E-state index in [4.69, 9.17) is 0 Å². The van der Waals surface area contributed by atoms with Crippen LogP contribution >= 0.6 is 0 Å². The van der Waals surface area contributed by atoms with E-state index in [2.05, 4.69) is 39.9 Å². The zero-order valence-electron chi connectivity index (χ0n) is 14.1. The molecule has 1 saturated carbocycles. The summed E-state index contributed by atoms with van der Waals surface area (Å²) in [6.07, 6.45) is 11.4. The van der Waals surface area contributed by atoms with Gasteiger partial charge in [-0.05, 0) is 43.1 Å². The number of hydrogen-bond donors (Lipinski definition) is 1. The highest BCUT2D eigenvalue weighted by atomic mass is 14.9. The molecule has 1 rings (SSSR count). The summed E-state index contributed by atoms with van der Waals surface area (Å²) in [6.45, 7) is 13.0. The molecule has 0 aromatic rings. The van der Waals surface area contributed by atoms with Crippen LogP contribution in [-0.4, -0.2) is 12.6 Å². The van der Waals surface area contributed by atoms with Crippen molar-refractivity contribution in [2.24, 2.45) is 17.3 Å². The molecule has 1 fully saturated rings. The SMILES string of the molecule is CCCNC(CCC1CCCCC1CC)C(C)(C)C. The molecular weight excluding hydrogens is 230 g/mol. The van der Waals surface area contributed by atoms with Crippen LogP contribution in [-0.2, 0) is 0 Å². The van der Waals surface area contributed by atoms with Crippen LogP contribution in [0, 0.1) is 17.3 Å². The fourth-order valence-electron chi connectivity index (χ4n) is 3.74. The Morgan fingerprint density at radius 3 is 2.21 bits per heavy atom. The van der Waals surface area contributed by atoms with Gasteiger partial charge in [0.1, 0.15) is 0 Å². The Kier molecular flexibility index (Phi) is 7.42. The van der Waals surface area contributed by atoms with Crippen LogP contribution in [0.5, 0.6) is 0 Å². The Bertz CT molecular complexity index is 228. The maximum Gasteiger partial charge on any atom is 0.0116 e. The summed E-state index contributed by atoms with van der Waals surface area (Å²) in [5.74, 6) is 2.02. The highest BCUT2D eigenvalue weighted by Gasteiger charge is 2.28. The minimum absolute atomic E-state index is 0.394. The molecule has 0 bridgehead atoms. The largest absolute Gasteiger partial charge is 0.313 e. The topological polar surface area (TPSA) is 12.0 Å². The molecule has 0 aromatic carbocycles. The summed E-state index contributed by atoms with van der Waals surface area (Å²) in [5, 5.41) is 3.78. The van der Waals surface area contributed by atoms with E-state index in [1.165, 1.54) is 57.9 Å². The van der Waals surface area contributed by atoms with Crippen LogP contribution in [0.4, 0.5) is 0 Å². The van der Waals surface area contributed by atoms with Gasteiger partial charge in [-0.15, -0.1) is 0 Å². The van der Waals surface area contributed by atoms with Crippen molar-refractivity contribution < 1.29 is 0 Å². The Balaban J connectivity index is 2.45. The molecule has 3 unspecified atom stereocenters. The fraction of sp³-hybridized carbons (Fsp3) is 1.00. The van der Waals surface area contributed by atoms with E-state index < -0.39 is 0 Å². The van der Waals surface area contributed by atoms with E-state index in [0.717, 1.165) is 11.8 Å². The van der Waals surface area contributed by atoms with Gasteiger partial charge in [-0.2, -0.15) is 0 Å². The summed E-state index contributed by atoms with van der Waals surface area (Å²) in [7, 11) is 0. The lowest BCUT2D eigenvalue weighted by Crippen LogP contribution is -2.41. The first-order valence-corrected chi connectivity index (χ1v) is 8.72. The molecule has 0 radical (unpaired) electrons. The van der Waals surface area contributed by atoms with Crippen molar-refractivity contribution in [3.63, 3.8) is 0 Å². The second kappa shape index (κ2) is 8.29. The highest BCUT2D eigenvalue weighted by Crippen LogP contribution is 2.36. The van der Waals surface area contributed by atoms with Crippen LogP contribution in [0.2, 0.25) is 0 Å². The lowest BCUT2D eigenvalue weighted by molar-refractivity contribution is 0.182. The van der Waals surface area contributed by atoms with E-state index >= 15 is 0 Å². The zero-order valence-corrected chi connectivity index (χ0v) is 14.1. The Morgan fingerprint density at radius 2 is 1.68 bits per heavy atom. The van der Waals surface area contributed by atoms with Crippen LogP contribution in [0.3, 0.4) is 0 Å². The lowest BCUT2D eigenvalue weighted by Gasteiger charge is -2.36. The van der Waals surface area contributed by atoms with Crippen molar-refractivity contribution in [1.82, 2.24) is 5.32 Å². The van der Waals surface area contributed by atoms with Crippen LogP contribution in [0.15, 0.2) is 0 Å². The summed E-state index contributed by atoms with van der Waals surface area (Å²) < 4.78 is 0. The van der Waals surface area contributed by atoms with Crippen LogP contribution in [0.25, 0.3) is 0 Å². The molecular formula is C18H37N. The van der Waals surface area contributed by atoms with E-state index in [1.54, 1.807) is 0 Å². The molecule has 0 heterocycles. The van der Waals surface area contributed by atoms with Gasteiger partial charge in [0.15, 0.2) is 0 Å². The second-order valence-electron chi connectivity index (χ2n) is 7.66. The van der Waals surface area contributed by atoms with E-state index in [0.29, 0.717) is 11.5 Å². The van der Waals surface area contributed by atoms with Crippen molar-refractivity contribution in [2.75, 3.05) is 6.54 Å². The molecule has 3 atom stereocenters. The van der Waals surface area contributed by atoms with Crippen LogP contribution in [0.1, 0.15) is 86.0 Å². The average molecular weight is 268 g/mol. The van der Waals surface area contributed by atoms with Gasteiger partial charge in [0.05, 0.1) is 0 Å². The Hall–Kier alpha value is -0.0400. The summed E-state index contributed by atoms with van der Waals surface area (Å²) in [5.41, 5.74) is 0.394. The highest BCUT2D eigenvalue weighted by molar-refractivity contribution is 4.83. The maximum absolute atomic E-state index is 3.78. The number of nitrogens with one attached hydrogen (secondary N) is 1. The molecule has 1 heteroatoms. The van der Waals surface area contributed by atoms with Crippen molar-refractivity contribution in [2.45, 2.75) is 92.0 Å². The van der Waals surface area contributed by atoms with Gasteiger partial charge in [0.2, 0.25) is 0 Å². The Labute approximate surface area is 121 Å². The summed E-state index contributed by atoms with van der Waals surface area (Å²) >= 11 is 0. The zero-order chi connectivity index (χ0) is 14.3. The summed E-state index contributed by atoms with van der Waals surface area (Å²) in [6, 6.07) is 0.687.